The third-order valence-corrected chi connectivity index (χ3v) is 3.43. The lowest BCUT2D eigenvalue weighted by Gasteiger charge is -2.32. The molecule has 124 valence electrons. The van der Waals surface area contributed by atoms with Crippen LogP contribution in [0.2, 0.25) is 0 Å². The Kier molecular flexibility index (Phi) is 5.56. The van der Waals surface area contributed by atoms with Crippen molar-refractivity contribution in [2.75, 3.05) is 32.8 Å². The number of amides is 2. The van der Waals surface area contributed by atoms with Crippen LogP contribution in [0.5, 0.6) is 5.75 Å². The van der Waals surface area contributed by atoms with Crippen LogP contribution in [-0.4, -0.2) is 60.6 Å². The highest BCUT2D eigenvalue weighted by molar-refractivity contribution is 5.87. The van der Waals surface area contributed by atoms with Crippen molar-refractivity contribution in [2.45, 2.75) is 13.8 Å². The fourth-order valence-electron chi connectivity index (χ4n) is 2.17. The summed E-state index contributed by atoms with van der Waals surface area (Å²) in [6.07, 6.45) is -0.571. The lowest BCUT2D eigenvalue weighted by Crippen LogP contribution is -2.54. The Morgan fingerprint density at radius 2 is 1.87 bits per heavy atom. The molecule has 0 saturated carbocycles. The largest absolute Gasteiger partial charge is 0.465 e. The molecule has 0 spiro atoms. The van der Waals surface area contributed by atoms with Crippen molar-refractivity contribution in [3.63, 3.8) is 0 Å². The summed E-state index contributed by atoms with van der Waals surface area (Å²) in [5, 5.41) is 0. The maximum Gasteiger partial charge on any atom is 0.415 e. The number of nitrogens with zero attached hydrogens (tertiary/aromatic N) is 2. The maximum absolute atomic E-state index is 12.1. The SMILES string of the molecule is CCOC(=O)CN1CCN(C(=O)Oc2ccc(C)cc2)CC1=O. The second kappa shape index (κ2) is 7.62. The smallest absolute Gasteiger partial charge is 0.415 e. The van der Waals surface area contributed by atoms with Gasteiger partial charge < -0.3 is 14.4 Å². The van der Waals surface area contributed by atoms with E-state index in [4.69, 9.17) is 9.47 Å². The molecule has 2 amide bonds. The molecule has 1 aromatic carbocycles. The van der Waals surface area contributed by atoms with E-state index in [2.05, 4.69) is 0 Å². The second-order valence-electron chi connectivity index (χ2n) is 5.22. The van der Waals surface area contributed by atoms with Gasteiger partial charge in [-0.25, -0.2) is 4.79 Å². The second-order valence-corrected chi connectivity index (χ2v) is 5.22. The first-order valence-electron chi connectivity index (χ1n) is 7.46. The van der Waals surface area contributed by atoms with Crippen LogP contribution in [0.1, 0.15) is 12.5 Å². The number of esters is 1. The van der Waals surface area contributed by atoms with E-state index in [1.807, 2.05) is 19.1 Å². The number of carbonyl (C=O) groups excluding carboxylic acids is 3. The van der Waals surface area contributed by atoms with Crippen LogP contribution in [0, 0.1) is 6.92 Å². The van der Waals surface area contributed by atoms with Crippen molar-refractivity contribution in [2.24, 2.45) is 0 Å². The first-order chi connectivity index (χ1) is 11.0. The summed E-state index contributed by atoms with van der Waals surface area (Å²) < 4.78 is 10.1. The Morgan fingerprint density at radius 3 is 2.48 bits per heavy atom. The van der Waals surface area contributed by atoms with Crippen LogP contribution < -0.4 is 4.74 Å². The Morgan fingerprint density at radius 1 is 1.17 bits per heavy atom. The molecule has 7 heteroatoms. The summed E-state index contributed by atoms with van der Waals surface area (Å²) in [5.41, 5.74) is 1.06. The lowest BCUT2D eigenvalue weighted by atomic mass is 10.2. The summed E-state index contributed by atoms with van der Waals surface area (Å²) in [7, 11) is 0. The summed E-state index contributed by atoms with van der Waals surface area (Å²) in [4.78, 5) is 38.2. The molecule has 1 aliphatic heterocycles. The standard InChI is InChI=1S/C16H20N2O5/c1-3-22-15(20)11-17-8-9-18(10-14(17)19)16(21)23-13-6-4-12(2)5-7-13/h4-7H,3,8-11H2,1-2H3. The molecule has 1 aliphatic rings. The predicted octanol–water partition coefficient (Wildman–Crippen LogP) is 1.20. The highest BCUT2D eigenvalue weighted by atomic mass is 16.6. The third-order valence-electron chi connectivity index (χ3n) is 3.43. The molecule has 0 atom stereocenters. The van der Waals surface area contributed by atoms with Crippen molar-refractivity contribution in [1.82, 2.24) is 9.80 Å². The molecule has 0 aliphatic carbocycles. The van der Waals surface area contributed by atoms with Crippen molar-refractivity contribution in [3.05, 3.63) is 29.8 Å². The Hall–Kier alpha value is -2.57. The van der Waals surface area contributed by atoms with E-state index in [1.165, 1.54) is 9.80 Å². The van der Waals surface area contributed by atoms with E-state index in [9.17, 15) is 14.4 Å². The third kappa shape index (κ3) is 4.70. The molecule has 0 unspecified atom stereocenters. The lowest BCUT2D eigenvalue weighted by molar-refractivity contribution is -0.150. The van der Waals surface area contributed by atoms with E-state index < -0.39 is 12.1 Å². The van der Waals surface area contributed by atoms with E-state index in [0.29, 0.717) is 12.3 Å². The molecule has 2 rings (SSSR count). The van der Waals surface area contributed by atoms with Gasteiger partial charge in [-0.3, -0.25) is 14.5 Å². The van der Waals surface area contributed by atoms with E-state index >= 15 is 0 Å². The number of benzene rings is 1. The summed E-state index contributed by atoms with van der Waals surface area (Å²) >= 11 is 0. The van der Waals surface area contributed by atoms with Gasteiger partial charge in [-0.2, -0.15) is 0 Å². The molecule has 23 heavy (non-hydrogen) atoms. The monoisotopic (exact) mass is 320 g/mol. The van der Waals surface area contributed by atoms with Gasteiger partial charge >= 0.3 is 12.1 Å². The van der Waals surface area contributed by atoms with E-state index in [-0.39, 0.29) is 32.1 Å². The van der Waals surface area contributed by atoms with Gasteiger partial charge in [-0.05, 0) is 26.0 Å². The molecular formula is C16H20N2O5. The minimum Gasteiger partial charge on any atom is -0.465 e. The first-order valence-corrected chi connectivity index (χ1v) is 7.46. The fourth-order valence-corrected chi connectivity index (χ4v) is 2.17. The highest BCUT2D eigenvalue weighted by Crippen LogP contribution is 2.14. The zero-order valence-electron chi connectivity index (χ0n) is 13.3. The van der Waals surface area contributed by atoms with Crippen LogP contribution in [-0.2, 0) is 14.3 Å². The van der Waals surface area contributed by atoms with Gasteiger partial charge in [-0.15, -0.1) is 0 Å². The van der Waals surface area contributed by atoms with E-state index in [1.54, 1.807) is 19.1 Å². The molecule has 0 N–H and O–H groups in total. The molecular weight excluding hydrogens is 300 g/mol. The minimum absolute atomic E-state index is 0.0898. The quantitative estimate of drug-likeness (QED) is 0.779. The van der Waals surface area contributed by atoms with Crippen LogP contribution >= 0.6 is 0 Å². The molecule has 1 aromatic rings. The van der Waals surface area contributed by atoms with Gasteiger partial charge in [0, 0.05) is 13.1 Å². The summed E-state index contributed by atoms with van der Waals surface area (Å²) in [6.45, 7) is 4.32. The summed E-state index contributed by atoms with van der Waals surface area (Å²) in [6, 6.07) is 7.08. The number of aryl methyl sites for hydroxylation is 1. The van der Waals surface area contributed by atoms with Gasteiger partial charge in [0.15, 0.2) is 0 Å². The molecule has 7 nitrogen and oxygen atoms in total. The normalized spacial score (nSPS) is 14.6. The molecule has 1 saturated heterocycles. The molecule has 0 radical (unpaired) electrons. The maximum atomic E-state index is 12.1. The number of rotatable bonds is 4. The zero-order chi connectivity index (χ0) is 16.8. The van der Waals surface area contributed by atoms with Gasteiger partial charge in [0.1, 0.15) is 18.8 Å². The molecule has 1 heterocycles. The Balaban J connectivity index is 1.86. The van der Waals surface area contributed by atoms with E-state index in [0.717, 1.165) is 5.56 Å². The number of ether oxygens (including phenoxy) is 2. The van der Waals surface area contributed by atoms with Crippen LogP contribution in [0.4, 0.5) is 4.79 Å². The van der Waals surface area contributed by atoms with Gasteiger partial charge in [0.25, 0.3) is 0 Å². The van der Waals surface area contributed by atoms with Crippen LogP contribution in [0.3, 0.4) is 0 Å². The number of hydrogen-bond acceptors (Lipinski definition) is 5. The molecule has 0 aromatic heterocycles. The average Bonchev–Trinajstić information content (AvgIpc) is 2.51. The first kappa shape index (κ1) is 16.8. The Labute approximate surface area is 134 Å². The van der Waals surface area contributed by atoms with Gasteiger partial charge in [-0.1, -0.05) is 17.7 Å². The number of hydrogen-bond donors (Lipinski definition) is 0. The van der Waals surface area contributed by atoms with Crippen molar-refractivity contribution in [1.29, 1.82) is 0 Å². The van der Waals surface area contributed by atoms with Gasteiger partial charge in [0.2, 0.25) is 5.91 Å². The van der Waals surface area contributed by atoms with Crippen LogP contribution in [0.25, 0.3) is 0 Å². The summed E-state index contributed by atoms with van der Waals surface area (Å²) in [5.74, 6) is -0.316. The zero-order valence-corrected chi connectivity index (χ0v) is 13.3. The predicted molar refractivity (Wildman–Crippen MR) is 82.0 cm³/mol. The topological polar surface area (TPSA) is 76.2 Å². The molecule has 1 fully saturated rings. The number of carbonyl (C=O) groups is 3. The van der Waals surface area contributed by atoms with Crippen molar-refractivity contribution >= 4 is 18.0 Å². The fraction of sp³-hybridized carbons (Fsp3) is 0.438. The minimum atomic E-state index is -0.571. The van der Waals surface area contributed by atoms with Crippen LogP contribution in [0.15, 0.2) is 24.3 Å². The Bertz CT molecular complexity index is 585. The number of piperazine rings is 1. The van der Waals surface area contributed by atoms with Crippen molar-refractivity contribution in [3.8, 4) is 5.75 Å². The van der Waals surface area contributed by atoms with Gasteiger partial charge in [0.05, 0.1) is 6.61 Å². The molecule has 0 bridgehead atoms. The highest BCUT2D eigenvalue weighted by Gasteiger charge is 2.29. The van der Waals surface area contributed by atoms with Crippen molar-refractivity contribution < 1.29 is 23.9 Å². The average molecular weight is 320 g/mol.